The van der Waals surface area contributed by atoms with Crippen LogP contribution in [0.25, 0.3) is 11.4 Å². The molecule has 1 aliphatic carbocycles. The van der Waals surface area contributed by atoms with E-state index in [2.05, 4.69) is 20.8 Å². The van der Waals surface area contributed by atoms with Crippen molar-refractivity contribution in [1.29, 1.82) is 0 Å². The highest BCUT2D eigenvalue weighted by Gasteiger charge is 2.25. The van der Waals surface area contributed by atoms with Crippen LogP contribution in [0.3, 0.4) is 0 Å². The average molecular weight is 348 g/mol. The Balaban J connectivity index is 1.39. The van der Waals surface area contributed by atoms with Gasteiger partial charge in [-0.3, -0.25) is 0 Å². The number of urea groups is 1. The zero-order valence-corrected chi connectivity index (χ0v) is 14.3. The first-order chi connectivity index (χ1) is 12.8. The van der Waals surface area contributed by atoms with Crippen molar-refractivity contribution in [3.05, 3.63) is 66.1 Å². The molecule has 0 unspecified atom stereocenters. The number of anilines is 1. The minimum Gasteiger partial charge on any atom is -0.339 e. The Bertz CT molecular complexity index is 888. The van der Waals surface area contributed by atoms with Crippen LogP contribution in [0.2, 0.25) is 0 Å². The van der Waals surface area contributed by atoms with Crippen LogP contribution >= 0.6 is 0 Å². The lowest BCUT2D eigenvalue weighted by Crippen LogP contribution is -2.28. The summed E-state index contributed by atoms with van der Waals surface area (Å²) < 4.78 is 5.37. The summed E-state index contributed by atoms with van der Waals surface area (Å²) in [6, 6.07) is 17.0. The monoisotopic (exact) mass is 348 g/mol. The summed E-state index contributed by atoms with van der Waals surface area (Å²) in [5, 5.41) is 9.75. The molecule has 2 amide bonds. The molecule has 1 fully saturated rings. The van der Waals surface area contributed by atoms with Crippen LogP contribution in [0.15, 0.2) is 59.1 Å². The Hall–Kier alpha value is -3.15. The van der Waals surface area contributed by atoms with Gasteiger partial charge in [0.15, 0.2) is 0 Å². The van der Waals surface area contributed by atoms with Crippen molar-refractivity contribution >= 4 is 11.7 Å². The smallest absolute Gasteiger partial charge is 0.319 e. The number of aromatic nitrogens is 2. The van der Waals surface area contributed by atoms with Crippen molar-refractivity contribution < 1.29 is 9.32 Å². The van der Waals surface area contributed by atoms with Crippen LogP contribution in [0.5, 0.6) is 0 Å². The van der Waals surface area contributed by atoms with Crippen LogP contribution in [-0.4, -0.2) is 16.2 Å². The summed E-state index contributed by atoms with van der Waals surface area (Å²) in [7, 11) is 0. The van der Waals surface area contributed by atoms with Crippen molar-refractivity contribution in [2.75, 3.05) is 5.32 Å². The van der Waals surface area contributed by atoms with E-state index in [0.29, 0.717) is 29.9 Å². The summed E-state index contributed by atoms with van der Waals surface area (Å²) in [6.07, 6.45) is 3.45. The van der Waals surface area contributed by atoms with Gasteiger partial charge in [0.1, 0.15) is 0 Å². The molecule has 0 aliphatic heterocycles. The van der Waals surface area contributed by atoms with Crippen molar-refractivity contribution in [2.24, 2.45) is 0 Å². The molecule has 2 N–H and O–H groups in total. The third-order valence-electron chi connectivity index (χ3n) is 4.57. The van der Waals surface area contributed by atoms with E-state index in [1.165, 1.54) is 6.42 Å². The van der Waals surface area contributed by atoms with Crippen molar-refractivity contribution in [3.8, 4) is 11.4 Å². The zero-order chi connectivity index (χ0) is 17.8. The SMILES string of the molecule is O=C(NCc1ccccc1)Nc1cccc(-c2noc(C3CCC3)n2)c1. The molecule has 0 spiro atoms. The summed E-state index contributed by atoms with van der Waals surface area (Å²) in [5.74, 6) is 1.67. The third kappa shape index (κ3) is 3.74. The maximum absolute atomic E-state index is 12.1. The van der Waals surface area contributed by atoms with E-state index in [9.17, 15) is 4.79 Å². The van der Waals surface area contributed by atoms with Crippen LogP contribution in [0.4, 0.5) is 10.5 Å². The molecule has 6 nitrogen and oxygen atoms in total. The standard InChI is InChI=1S/C20H20N4O2/c25-20(21-13-14-6-2-1-3-7-14)22-17-11-5-10-16(12-17)18-23-19(26-24-18)15-8-4-9-15/h1-3,5-7,10-12,15H,4,8-9,13H2,(H2,21,22,25). The molecule has 6 heteroatoms. The number of nitrogens with one attached hydrogen (secondary N) is 2. The van der Waals surface area contributed by atoms with Gasteiger partial charge in [-0.25, -0.2) is 4.79 Å². The summed E-state index contributed by atoms with van der Waals surface area (Å²) in [6.45, 7) is 0.474. The zero-order valence-electron chi connectivity index (χ0n) is 14.3. The molecular formula is C20H20N4O2. The van der Waals surface area contributed by atoms with Gasteiger partial charge in [-0.15, -0.1) is 0 Å². The Morgan fingerprint density at radius 1 is 1.12 bits per heavy atom. The fourth-order valence-electron chi connectivity index (χ4n) is 2.86. The van der Waals surface area contributed by atoms with Crippen molar-refractivity contribution in [2.45, 2.75) is 31.7 Å². The number of amides is 2. The van der Waals surface area contributed by atoms with E-state index < -0.39 is 0 Å². The second kappa shape index (κ2) is 7.39. The molecule has 1 saturated carbocycles. The predicted octanol–water partition coefficient (Wildman–Crippen LogP) is 4.33. The first-order valence-electron chi connectivity index (χ1n) is 8.81. The molecule has 1 aromatic heterocycles. The Morgan fingerprint density at radius 3 is 2.73 bits per heavy atom. The first kappa shape index (κ1) is 16.3. The van der Waals surface area contributed by atoms with Crippen LogP contribution in [-0.2, 0) is 6.54 Å². The maximum Gasteiger partial charge on any atom is 0.319 e. The van der Waals surface area contributed by atoms with E-state index in [-0.39, 0.29) is 6.03 Å². The molecule has 4 rings (SSSR count). The molecular weight excluding hydrogens is 328 g/mol. The number of rotatable bonds is 5. The molecule has 3 aromatic rings. The quantitative estimate of drug-likeness (QED) is 0.719. The lowest BCUT2D eigenvalue weighted by atomic mass is 9.85. The lowest BCUT2D eigenvalue weighted by molar-refractivity contribution is 0.251. The average Bonchev–Trinajstić information content (AvgIpc) is 3.09. The van der Waals surface area contributed by atoms with Gasteiger partial charge in [0, 0.05) is 23.7 Å². The minimum absolute atomic E-state index is 0.255. The number of nitrogens with zero attached hydrogens (tertiary/aromatic N) is 2. The van der Waals surface area contributed by atoms with E-state index in [1.807, 2.05) is 54.6 Å². The highest BCUT2D eigenvalue weighted by atomic mass is 16.5. The fraction of sp³-hybridized carbons (Fsp3) is 0.250. The number of benzene rings is 2. The lowest BCUT2D eigenvalue weighted by Gasteiger charge is -2.20. The fourth-order valence-corrected chi connectivity index (χ4v) is 2.86. The summed E-state index contributed by atoms with van der Waals surface area (Å²) in [4.78, 5) is 16.6. The van der Waals surface area contributed by atoms with E-state index in [0.717, 1.165) is 24.0 Å². The second-order valence-corrected chi connectivity index (χ2v) is 6.46. The molecule has 0 bridgehead atoms. The second-order valence-electron chi connectivity index (χ2n) is 6.46. The topological polar surface area (TPSA) is 80.0 Å². The van der Waals surface area contributed by atoms with Gasteiger partial charge in [0.25, 0.3) is 0 Å². The largest absolute Gasteiger partial charge is 0.339 e. The Labute approximate surface area is 151 Å². The summed E-state index contributed by atoms with van der Waals surface area (Å²) >= 11 is 0. The molecule has 0 saturated heterocycles. The first-order valence-corrected chi connectivity index (χ1v) is 8.81. The highest BCUT2D eigenvalue weighted by molar-refractivity contribution is 5.89. The van der Waals surface area contributed by atoms with Gasteiger partial charge in [-0.2, -0.15) is 4.98 Å². The van der Waals surface area contributed by atoms with E-state index >= 15 is 0 Å². The van der Waals surface area contributed by atoms with Crippen LogP contribution < -0.4 is 10.6 Å². The molecule has 1 aliphatic rings. The molecule has 26 heavy (non-hydrogen) atoms. The minimum atomic E-state index is -0.255. The van der Waals surface area contributed by atoms with Crippen molar-refractivity contribution in [3.63, 3.8) is 0 Å². The molecule has 2 aromatic carbocycles. The van der Waals surface area contributed by atoms with Gasteiger partial charge >= 0.3 is 6.03 Å². The summed E-state index contributed by atoms with van der Waals surface area (Å²) in [5.41, 5.74) is 2.55. The van der Waals surface area contributed by atoms with Gasteiger partial charge < -0.3 is 15.2 Å². The maximum atomic E-state index is 12.1. The van der Waals surface area contributed by atoms with E-state index in [1.54, 1.807) is 0 Å². The van der Waals surface area contributed by atoms with E-state index in [4.69, 9.17) is 4.52 Å². The van der Waals surface area contributed by atoms with Gasteiger partial charge in [-0.1, -0.05) is 54.0 Å². The third-order valence-corrected chi connectivity index (χ3v) is 4.57. The van der Waals surface area contributed by atoms with Crippen LogP contribution in [0, 0.1) is 0 Å². The Morgan fingerprint density at radius 2 is 1.96 bits per heavy atom. The van der Waals surface area contributed by atoms with Crippen molar-refractivity contribution in [1.82, 2.24) is 15.5 Å². The van der Waals surface area contributed by atoms with Gasteiger partial charge in [0.05, 0.1) is 0 Å². The van der Waals surface area contributed by atoms with Crippen LogP contribution in [0.1, 0.15) is 36.6 Å². The number of hydrogen-bond acceptors (Lipinski definition) is 4. The number of hydrogen-bond donors (Lipinski definition) is 2. The molecule has 132 valence electrons. The number of carbonyl (C=O) groups is 1. The molecule has 0 atom stereocenters. The normalized spacial score (nSPS) is 13.8. The molecule has 1 heterocycles. The number of carbonyl (C=O) groups excluding carboxylic acids is 1. The predicted molar refractivity (Wildman–Crippen MR) is 98.6 cm³/mol. The highest BCUT2D eigenvalue weighted by Crippen LogP contribution is 2.36. The Kier molecular flexibility index (Phi) is 4.64. The molecule has 0 radical (unpaired) electrons. The van der Waals surface area contributed by atoms with Gasteiger partial charge in [0.2, 0.25) is 11.7 Å². The van der Waals surface area contributed by atoms with Gasteiger partial charge in [-0.05, 0) is 30.5 Å².